The van der Waals surface area contributed by atoms with Crippen LogP contribution in [0.3, 0.4) is 0 Å². The molecule has 0 aliphatic carbocycles. The Bertz CT molecular complexity index is 637. The number of aromatic nitrogens is 3. The molecular formula is C7H5BrClN3O2S. The fourth-order valence-corrected chi connectivity index (χ4v) is 2.31. The molecule has 0 saturated carbocycles. The third-order valence-corrected chi connectivity index (χ3v) is 3.24. The first-order chi connectivity index (χ1) is 6.88. The predicted octanol–water partition coefficient (Wildman–Crippen LogP) is 1.73. The maximum Gasteiger partial charge on any atom is 0.298 e. The molecule has 2 heterocycles. The lowest BCUT2D eigenvalue weighted by molar-refractivity contribution is 0.601. The average Bonchev–Trinajstić information content (AvgIpc) is 2.46. The molecule has 2 aromatic heterocycles. The molecule has 15 heavy (non-hydrogen) atoms. The molecule has 0 aliphatic heterocycles. The molecule has 0 aromatic carbocycles. The van der Waals surface area contributed by atoms with E-state index in [1.54, 1.807) is 13.1 Å². The first kappa shape index (κ1) is 10.8. The Kier molecular flexibility index (Phi) is 2.48. The van der Waals surface area contributed by atoms with Gasteiger partial charge in [-0.25, -0.2) is 12.9 Å². The van der Waals surface area contributed by atoms with Crippen molar-refractivity contribution in [3.05, 3.63) is 22.3 Å². The predicted molar refractivity (Wildman–Crippen MR) is 58.5 cm³/mol. The number of hydrogen-bond acceptors (Lipinski definition) is 4. The van der Waals surface area contributed by atoms with E-state index in [0.717, 1.165) is 10.0 Å². The first-order valence-electron chi connectivity index (χ1n) is 3.85. The van der Waals surface area contributed by atoms with Gasteiger partial charge in [-0.2, -0.15) is 4.98 Å². The SMILES string of the molecule is Cc1cc(Br)cn2nc(S(=O)(=O)Cl)nc12. The molecule has 5 nitrogen and oxygen atoms in total. The Balaban J connectivity index is 2.82. The van der Waals surface area contributed by atoms with Gasteiger partial charge in [0.1, 0.15) is 0 Å². The van der Waals surface area contributed by atoms with Crippen LogP contribution in [0.5, 0.6) is 0 Å². The molecule has 0 N–H and O–H groups in total. The molecule has 2 rings (SSSR count). The van der Waals surface area contributed by atoms with E-state index in [4.69, 9.17) is 10.7 Å². The number of fused-ring (bicyclic) bond motifs is 1. The second-order valence-corrected chi connectivity index (χ2v) is 6.32. The van der Waals surface area contributed by atoms with Crippen LogP contribution in [0.1, 0.15) is 5.56 Å². The summed E-state index contributed by atoms with van der Waals surface area (Å²) in [5.74, 6) is 0. The van der Waals surface area contributed by atoms with Gasteiger partial charge in [0.25, 0.3) is 14.2 Å². The summed E-state index contributed by atoms with van der Waals surface area (Å²) in [5.41, 5.74) is 1.28. The van der Waals surface area contributed by atoms with E-state index in [1.165, 1.54) is 4.52 Å². The lowest BCUT2D eigenvalue weighted by atomic mass is 10.3. The zero-order chi connectivity index (χ0) is 11.2. The topological polar surface area (TPSA) is 64.3 Å². The second-order valence-electron chi connectivity index (χ2n) is 2.94. The fourth-order valence-electron chi connectivity index (χ4n) is 1.19. The minimum absolute atomic E-state index is 0.384. The lowest BCUT2D eigenvalue weighted by Gasteiger charge is -1.96. The van der Waals surface area contributed by atoms with Gasteiger partial charge in [0.15, 0.2) is 5.65 Å². The van der Waals surface area contributed by atoms with Gasteiger partial charge in [0.2, 0.25) is 0 Å². The van der Waals surface area contributed by atoms with Gasteiger partial charge in [0.05, 0.1) is 0 Å². The van der Waals surface area contributed by atoms with Crippen molar-refractivity contribution < 1.29 is 8.42 Å². The number of pyridine rings is 1. The van der Waals surface area contributed by atoms with Gasteiger partial charge in [-0.15, -0.1) is 5.10 Å². The Morgan fingerprint density at radius 3 is 2.80 bits per heavy atom. The van der Waals surface area contributed by atoms with E-state index in [9.17, 15) is 8.42 Å². The standard InChI is InChI=1S/C7H5BrClN3O2S/c1-4-2-5(8)3-12-6(4)10-7(11-12)15(9,13)14/h2-3H,1H3. The normalized spacial score (nSPS) is 12.2. The van der Waals surface area contributed by atoms with Crippen LogP contribution >= 0.6 is 26.6 Å². The monoisotopic (exact) mass is 309 g/mol. The molecule has 0 unspecified atom stereocenters. The van der Waals surface area contributed by atoms with Crippen LogP contribution in [0.15, 0.2) is 21.9 Å². The van der Waals surface area contributed by atoms with E-state index >= 15 is 0 Å². The summed E-state index contributed by atoms with van der Waals surface area (Å²) in [6.45, 7) is 1.80. The summed E-state index contributed by atoms with van der Waals surface area (Å²) < 4.78 is 24.2. The molecule has 0 saturated heterocycles. The molecule has 0 spiro atoms. The van der Waals surface area contributed by atoms with Crippen molar-refractivity contribution in [1.82, 2.24) is 14.6 Å². The molecule has 8 heteroatoms. The summed E-state index contributed by atoms with van der Waals surface area (Å²) in [7, 11) is 1.26. The highest BCUT2D eigenvalue weighted by atomic mass is 79.9. The van der Waals surface area contributed by atoms with Crippen LogP contribution in [0.25, 0.3) is 5.65 Å². The maximum atomic E-state index is 11.0. The number of hydrogen-bond donors (Lipinski definition) is 0. The smallest absolute Gasteiger partial charge is 0.218 e. The van der Waals surface area contributed by atoms with Gasteiger partial charge < -0.3 is 0 Å². The Morgan fingerprint density at radius 1 is 1.53 bits per heavy atom. The number of nitrogens with zero attached hydrogens (tertiary/aromatic N) is 3. The highest BCUT2D eigenvalue weighted by Gasteiger charge is 2.17. The maximum absolute atomic E-state index is 11.0. The molecule has 0 radical (unpaired) electrons. The van der Waals surface area contributed by atoms with Crippen LogP contribution in [-0.4, -0.2) is 23.0 Å². The van der Waals surface area contributed by atoms with Crippen molar-refractivity contribution in [2.75, 3.05) is 0 Å². The summed E-state index contributed by atoms with van der Waals surface area (Å²) >= 11 is 3.27. The van der Waals surface area contributed by atoms with Crippen molar-refractivity contribution in [2.24, 2.45) is 0 Å². The van der Waals surface area contributed by atoms with Gasteiger partial charge in [0, 0.05) is 21.4 Å². The molecule has 2 aromatic rings. The van der Waals surface area contributed by atoms with Gasteiger partial charge in [-0.1, -0.05) is 0 Å². The third kappa shape index (κ3) is 1.99. The third-order valence-electron chi connectivity index (χ3n) is 1.78. The molecule has 0 aliphatic rings. The van der Waals surface area contributed by atoms with Gasteiger partial charge in [-0.05, 0) is 34.5 Å². The summed E-state index contributed by atoms with van der Waals surface area (Å²) in [4.78, 5) is 3.84. The van der Waals surface area contributed by atoms with Crippen molar-refractivity contribution in [1.29, 1.82) is 0 Å². The van der Waals surface area contributed by atoms with E-state index < -0.39 is 9.05 Å². The summed E-state index contributed by atoms with van der Waals surface area (Å²) in [6, 6.07) is 1.81. The zero-order valence-electron chi connectivity index (χ0n) is 7.48. The number of rotatable bonds is 1. The highest BCUT2D eigenvalue weighted by Crippen LogP contribution is 2.18. The van der Waals surface area contributed by atoms with E-state index in [-0.39, 0.29) is 5.16 Å². The minimum Gasteiger partial charge on any atom is -0.218 e. The molecule has 0 fully saturated rings. The minimum atomic E-state index is -3.88. The molecule has 0 amide bonds. The number of halogens is 2. The summed E-state index contributed by atoms with van der Waals surface area (Å²) in [6.07, 6.45) is 1.61. The summed E-state index contributed by atoms with van der Waals surface area (Å²) in [5, 5.41) is 3.38. The van der Waals surface area contributed by atoms with Crippen LogP contribution in [-0.2, 0) is 9.05 Å². The quantitative estimate of drug-likeness (QED) is 0.753. The zero-order valence-corrected chi connectivity index (χ0v) is 10.6. The largest absolute Gasteiger partial charge is 0.298 e. The fraction of sp³-hybridized carbons (Fsp3) is 0.143. The Labute approximate surface area is 98.6 Å². The second kappa shape index (κ2) is 3.43. The van der Waals surface area contributed by atoms with Crippen molar-refractivity contribution >= 4 is 41.3 Å². The highest BCUT2D eigenvalue weighted by molar-refractivity contribution is 9.10. The Hall–Kier alpha value is -0.660. The first-order valence-corrected chi connectivity index (χ1v) is 6.95. The number of aryl methyl sites for hydroxylation is 1. The average molecular weight is 311 g/mol. The van der Waals surface area contributed by atoms with Crippen molar-refractivity contribution in [2.45, 2.75) is 12.1 Å². The molecule has 0 atom stereocenters. The van der Waals surface area contributed by atoms with Crippen LogP contribution < -0.4 is 0 Å². The van der Waals surface area contributed by atoms with E-state index in [2.05, 4.69) is 26.0 Å². The van der Waals surface area contributed by atoms with E-state index in [1.807, 2.05) is 6.07 Å². The van der Waals surface area contributed by atoms with Crippen molar-refractivity contribution in [3.8, 4) is 0 Å². The Morgan fingerprint density at radius 2 is 2.20 bits per heavy atom. The van der Waals surface area contributed by atoms with Crippen LogP contribution in [0.4, 0.5) is 0 Å². The molecule has 80 valence electrons. The van der Waals surface area contributed by atoms with Gasteiger partial charge >= 0.3 is 0 Å². The van der Waals surface area contributed by atoms with Gasteiger partial charge in [-0.3, -0.25) is 0 Å². The van der Waals surface area contributed by atoms with Crippen molar-refractivity contribution in [3.63, 3.8) is 0 Å². The van der Waals surface area contributed by atoms with Crippen LogP contribution in [0, 0.1) is 6.92 Å². The van der Waals surface area contributed by atoms with E-state index in [0.29, 0.717) is 5.65 Å². The molecule has 0 bridgehead atoms. The lowest BCUT2D eigenvalue weighted by Crippen LogP contribution is -1.94. The molecular weight excluding hydrogens is 306 g/mol. The van der Waals surface area contributed by atoms with Crippen LogP contribution in [0.2, 0.25) is 0 Å².